The molecule has 0 N–H and O–H groups in total. The van der Waals surface area contributed by atoms with E-state index in [4.69, 9.17) is 6.42 Å². The molecule has 0 spiro atoms. The number of halogens is 2. The third-order valence-electron chi connectivity index (χ3n) is 2.30. The van der Waals surface area contributed by atoms with Crippen molar-refractivity contribution in [2.45, 2.75) is 19.3 Å². The highest BCUT2D eigenvalue weighted by atomic mass is 19.3. The fourth-order valence-electron chi connectivity index (χ4n) is 1.49. The zero-order valence-corrected chi connectivity index (χ0v) is 6.97. The summed E-state index contributed by atoms with van der Waals surface area (Å²) < 4.78 is 24.3. The van der Waals surface area contributed by atoms with E-state index in [2.05, 4.69) is 5.92 Å². The van der Waals surface area contributed by atoms with Crippen molar-refractivity contribution in [2.24, 2.45) is 5.92 Å². The van der Waals surface area contributed by atoms with Crippen LogP contribution in [0.4, 0.5) is 8.78 Å². The highest BCUT2D eigenvalue weighted by molar-refractivity contribution is 4.89. The summed E-state index contributed by atoms with van der Waals surface area (Å²) in [4.78, 5) is 2.04. The van der Waals surface area contributed by atoms with Crippen molar-refractivity contribution in [3.63, 3.8) is 0 Å². The van der Waals surface area contributed by atoms with Crippen molar-refractivity contribution in [3.05, 3.63) is 0 Å². The van der Waals surface area contributed by atoms with Crippen LogP contribution in [0.15, 0.2) is 0 Å². The predicted molar refractivity (Wildman–Crippen MR) is 44.0 cm³/mol. The van der Waals surface area contributed by atoms with Crippen LogP contribution in [0, 0.1) is 18.3 Å². The lowest BCUT2D eigenvalue weighted by Crippen LogP contribution is -2.35. The summed E-state index contributed by atoms with van der Waals surface area (Å²) in [6, 6.07) is 0. The summed E-state index contributed by atoms with van der Waals surface area (Å²) in [6.45, 7) is 2.04. The third kappa shape index (κ3) is 2.46. The smallest absolute Gasteiger partial charge is 0.241 e. The van der Waals surface area contributed by atoms with Crippen LogP contribution >= 0.6 is 0 Å². The van der Waals surface area contributed by atoms with E-state index in [0.717, 1.165) is 13.1 Å². The molecule has 1 aliphatic rings. The van der Waals surface area contributed by atoms with Gasteiger partial charge in [0.2, 0.25) is 6.43 Å². The zero-order valence-electron chi connectivity index (χ0n) is 6.97. The second kappa shape index (κ2) is 4.42. The standard InChI is InChI=1S/C9H13F2N/c1-2-5-12-6-3-8(4-7-12)9(10)11/h1,8-9H,3-7H2. The van der Waals surface area contributed by atoms with Crippen molar-refractivity contribution in [1.29, 1.82) is 0 Å². The topological polar surface area (TPSA) is 3.24 Å². The molecule has 0 aromatic carbocycles. The van der Waals surface area contributed by atoms with Gasteiger partial charge in [-0.05, 0) is 25.9 Å². The summed E-state index contributed by atoms with van der Waals surface area (Å²) in [6.07, 6.45) is 4.12. The monoisotopic (exact) mass is 173 g/mol. The van der Waals surface area contributed by atoms with Gasteiger partial charge >= 0.3 is 0 Å². The fraction of sp³-hybridized carbons (Fsp3) is 0.778. The van der Waals surface area contributed by atoms with Crippen molar-refractivity contribution in [1.82, 2.24) is 4.90 Å². The summed E-state index contributed by atoms with van der Waals surface area (Å²) in [5.41, 5.74) is 0. The Balaban J connectivity index is 2.26. The van der Waals surface area contributed by atoms with Crippen LogP contribution < -0.4 is 0 Å². The molecule has 1 nitrogen and oxygen atoms in total. The lowest BCUT2D eigenvalue weighted by Gasteiger charge is -2.29. The predicted octanol–water partition coefficient (Wildman–Crippen LogP) is 1.60. The Hall–Kier alpha value is -0.620. The normalized spacial score (nSPS) is 21.2. The van der Waals surface area contributed by atoms with Gasteiger partial charge in [0.05, 0.1) is 6.54 Å². The average Bonchev–Trinajstić information content (AvgIpc) is 2.06. The molecular weight excluding hydrogens is 160 g/mol. The molecule has 12 heavy (non-hydrogen) atoms. The van der Waals surface area contributed by atoms with Crippen molar-refractivity contribution in [2.75, 3.05) is 19.6 Å². The molecule has 0 aliphatic carbocycles. The molecule has 1 fully saturated rings. The van der Waals surface area contributed by atoms with Crippen molar-refractivity contribution < 1.29 is 8.78 Å². The zero-order chi connectivity index (χ0) is 8.97. The van der Waals surface area contributed by atoms with Gasteiger partial charge in [0.1, 0.15) is 0 Å². The van der Waals surface area contributed by atoms with E-state index in [0.29, 0.717) is 19.4 Å². The van der Waals surface area contributed by atoms with Crippen LogP contribution in [0.25, 0.3) is 0 Å². The Morgan fingerprint density at radius 3 is 2.42 bits per heavy atom. The van der Waals surface area contributed by atoms with Gasteiger partial charge in [0, 0.05) is 5.92 Å². The molecular formula is C9H13F2N. The van der Waals surface area contributed by atoms with Crippen molar-refractivity contribution >= 4 is 0 Å². The molecule has 1 aliphatic heterocycles. The number of likely N-dealkylation sites (tertiary alicyclic amines) is 1. The maximum atomic E-state index is 12.2. The van der Waals surface area contributed by atoms with Gasteiger partial charge in [-0.1, -0.05) is 5.92 Å². The molecule has 0 aromatic heterocycles. The first-order chi connectivity index (χ1) is 5.74. The van der Waals surface area contributed by atoms with Gasteiger partial charge in [-0.15, -0.1) is 6.42 Å². The summed E-state index contributed by atoms with van der Waals surface area (Å²) in [5.74, 6) is 2.12. The first-order valence-electron chi connectivity index (χ1n) is 4.18. The number of terminal acetylenes is 1. The molecule has 0 saturated carbocycles. The molecule has 1 saturated heterocycles. The number of nitrogens with zero attached hydrogens (tertiary/aromatic N) is 1. The number of hydrogen-bond donors (Lipinski definition) is 0. The minimum atomic E-state index is -2.15. The highest BCUT2D eigenvalue weighted by Crippen LogP contribution is 2.22. The van der Waals surface area contributed by atoms with E-state index in [-0.39, 0.29) is 0 Å². The van der Waals surface area contributed by atoms with Gasteiger partial charge in [-0.25, -0.2) is 8.78 Å². The highest BCUT2D eigenvalue weighted by Gasteiger charge is 2.25. The van der Waals surface area contributed by atoms with Gasteiger partial charge in [-0.2, -0.15) is 0 Å². The first kappa shape index (κ1) is 9.47. The second-order valence-electron chi connectivity index (χ2n) is 3.15. The van der Waals surface area contributed by atoms with Crippen molar-refractivity contribution in [3.8, 4) is 12.3 Å². The van der Waals surface area contributed by atoms with Gasteiger partial charge < -0.3 is 0 Å². The van der Waals surface area contributed by atoms with Crippen LogP contribution in [0.3, 0.4) is 0 Å². The van der Waals surface area contributed by atoms with E-state index >= 15 is 0 Å². The SMILES string of the molecule is C#CCN1CCC(C(F)F)CC1. The van der Waals surface area contributed by atoms with E-state index in [1.807, 2.05) is 4.90 Å². The minimum absolute atomic E-state index is 0.404. The number of hydrogen-bond acceptors (Lipinski definition) is 1. The van der Waals surface area contributed by atoms with E-state index in [1.165, 1.54) is 0 Å². The number of piperidine rings is 1. The third-order valence-corrected chi connectivity index (χ3v) is 2.30. The summed E-state index contributed by atoms with van der Waals surface area (Å²) in [5, 5.41) is 0. The Bertz CT molecular complexity index is 166. The molecule has 0 bridgehead atoms. The van der Waals surface area contributed by atoms with Crippen LogP contribution in [-0.4, -0.2) is 31.0 Å². The van der Waals surface area contributed by atoms with Gasteiger partial charge in [0.25, 0.3) is 0 Å². The molecule has 0 amide bonds. The van der Waals surface area contributed by atoms with E-state index in [1.54, 1.807) is 0 Å². The molecule has 68 valence electrons. The Labute approximate surface area is 71.7 Å². The molecule has 3 heteroatoms. The average molecular weight is 173 g/mol. The van der Waals surface area contributed by atoms with Gasteiger partial charge in [0.15, 0.2) is 0 Å². The minimum Gasteiger partial charge on any atom is -0.292 e. The van der Waals surface area contributed by atoms with E-state index in [9.17, 15) is 8.78 Å². The second-order valence-corrected chi connectivity index (χ2v) is 3.15. The molecule has 0 atom stereocenters. The lowest BCUT2D eigenvalue weighted by molar-refractivity contribution is 0.0382. The fourth-order valence-corrected chi connectivity index (χ4v) is 1.49. The molecule has 0 radical (unpaired) electrons. The quantitative estimate of drug-likeness (QED) is 0.573. The largest absolute Gasteiger partial charge is 0.292 e. The first-order valence-corrected chi connectivity index (χ1v) is 4.18. The Morgan fingerprint density at radius 2 is 2.00 bits per heavy atom. The summed E-state index contributed by atoms with van der Waals surface area (Å²) in [7, 11) is 0. The van der Waals surface area contributed by atoms with Crippen LogP contribution in [0.1, 0.15) is 12.8 Å². The van der Waals surface area contributed by atoms with Crippen LogP contribution in [0.2, 0.25) is 0 Å². The number of rotatable bonds is 2. The lowest BCUT2D eigenvalue weighted by atomic mass is 9.97. The summed E-state index contributed by atoms with van der Waals surface area (Å²) >= 11 is 0. The Morgan fingerprint density at radius 1 is 1.42 bits per heavy atom. The Kier molecular flexibility index (Phi) is 3.48. The van der Waals surface area contributed by atoms with Crippen LogP contribution in [-0.2, 0) is 0 Å². The molecule has 1 heterocycles. The molecule has 0 unspecified atom stereocenters. The van der Waals surface area contributed by atoms with Gasteiger partial charge in [-0.3, -0.25) is 4.90 Å². The molecule has 0 aromatic rings. The molecule has 1 rings (SSSR count). The number of alkyl halides is 2. The van der Waals surface area contributed by atoms with E-state index < -0.39 is 12.3 Å². The maximum Gasteiger partial charge on any atom is 0.241 e. The maximum absolute atomic E-state index is 12.2. The van der Waals surface area contributed by atoms with Crippen LogP contribution in [0.5, 0.6) is 0 Å².